The third kappa shape index (κ3) is 5.98. The number of piperidine rings is 1. The summed E-state index contributed by atoms with van der Waals surface area (Å²) in [6, 6.07) is 14.0. The van der Waals surface area contributed by atoms with E-state index in [1.165, 1.54) is 23.9 Å². The van der Waals surface area contributed by atoms with Crippen LogP contribution in [-0.4, -0.2) is 89.6 Å². The van der Waals surface area contributed by atoms with Crippen LogP contribution in [0.2, 0.25) is 0 Å². The van der Waals surface area contributed by atoms with Gasteiger partial charge in [-0.05, 0) is 47.4 Å². The fraction of sp³-hybridized carbons (Fsp3) is 0.484. The Bertz CT molecular complexity index is 1210. The highest BCUT2D eigenvalue weighted by Crippen LogP contribution is 2.44. The number of hydrogen-bond donors (Lipinski definition) is 1. The van der Waals surface area contributed by atoms with Crippen LogP contribution >= 0.6 is 0 Å². The maximum Gasteiger partial charge on any atom is 0.410 e. The summed E-state index contributed by atoms with van der Waals surface area (Å²) >= 11 is 0. The van der Waals surface area contributed by atoms with Crippen LogP contribution in [0.3, 0.4) is 0 Å². The van der Waals surface area contributed by atoms with Gasteiger partial charge in [0.05, 0.1) is 6.42 Å². The molecule has 9 heteroatoms. The van der Waals surface area contributed by atoms with E-state index < -0.39 is 36.5 Å². The highest BCUT2D eigenvalue weighted by molar-refractivity contribution is 5.93. The Kier molecular flexibility index (Phi) is 9.12. The van der Waals surface area contributed by atoms with Crippen molar-refractivity contribution in [2.24, 2.45) is 5.92 Å². The number of ether oxygens (including phenoxy) is 1. The number of benzene rings is 2. The van der Waals surface area contributed by atoms with E-state index in [2.05, 4.69) is 12.1 Å². The normalized spacial score (nSPS) is 16.1. The standard InChI is InChI=1S/C31H39N3O6/c1-20(2)28(30(38)32(3)26(18-27(35)36)29(37)34-16-10-5-11-17-34)33(4)31(39)40-19-25-23-14-8-6-12-21(23)22-13-7-9-15-24(22)25/h6-9,12-15,20,25-26,28H,5,10-11,16-19H2,1-4H3,(H,35,36)/t26-,28?/m0/s1. The molecule has 0 radical (unpaired) electrons. The minimum atomic E-state index is -1.17. The van der Waals surface area contributed by atoms with E-state index in [9.17, 15) is 24.3 Å². The van der Waals surface area contributed by atoms with Crippen LogP contribution in [0.4, 0.5) is 4.79 Å². The Morgan fingerprint density at radius 2 is 1.45 bits per heavy atom. The quantitative estimate of drug-likeness (QED) is 0.502. The lowest BCUT2D eigenvalue weighted by Crippen LogP contribution is -2.57. The lowest BCUT2D eigenvalue weighted by molar-refractivity contribution is -0.152. The molecule has 0 saturated carbocycles. The summed E-state index contributed by atoms with van der Waals surface area (Å²) in [5.74, 6) is -2.47. The zero-order chi connectivity index (χ0) is 29.0. The second kappa shape index (κ2) is 12.5. The fourth-order valence-electron chi connectivity index (χ4n) is 5.95. The molecule has 1 fully saturated rings. The van der Waals surface area contributed by atoms with Gasteiger partial charge in [-0.3, -0.25) is 19.3 Å². The van der Waals surface area contributed by atoms with Crippen molar-refractivity contribution in [3.8, 4) is 11.1 Å². The van der Waals surface area contributed by atoms with Crippen LogP contribution in [0.15, 0.2) is 48.5 Å². The zero-order valence-electron chi connectivity index (χ0n) is 23.7. The van der Waals surface area contributed by atoms with Crippen LogP contribution < -0.4 is 0 Å². The van der Waals surface area contributed by atoms with Gasteiger partial charge in [-0.2, -0.15) is 0 Å². The van der Waals surface area contributed by atoms with Crippen LogP contribution in [0.1, 0.15) is 56.6 Å². The fourth-order valence-corrected chi connectivity index (χ4v) is 5.95. The number of nitrogens with zero attached hydrogens (tertiary/aromatic N) is 3. The topological polar surface area (TPSA) is 107 Å². The second-order valence-electron chi connectivity index (χ2n) is 11.1. The molecular weight excluding hydrogens is 510 g/mol. The highest BCUT2D eigenvalue weighted by Gasteiger charge is 2.40. The molecule has 1 saturated heterocycles. The van der Waals surface area contributed by atoms with Gasteiger partial charge in [0.2, 0.25) is 11.8 Å². The van der Waals surface area contributed by atoms with Crippen molar-refractivity contribution in [3.05, 3.63) is 59.7 Å². The number of carbonyl (C=O) groups excluding carboxylic acids is 3. The summed E-state index contributed by atoms with van der Waals surface area (Å²) in [6.07, 6.45) is 1.56. The number of carboxylic acids is 1. The van der Waals surface area contributed by atoms with E-state index in [0.29, 0.717) is 13.1 Å². The predicted molar refractivity (Wildman–Crippen MR) is 151 cm³/mol. The van der Waals surface area contributed by atoms with Gasteiger partial charge in [0.1, 0.15) is 18.7 Å². The summed E-state index contributed by atoms with van der Waals surface area (Å²) in [5.41, 5.74) is 4.41. The molecule has 0 spiro atoms. The van der Waals surface area contributed by atoms with E-state index >= 15 is 0 Å². The van der Waals surface area contributed by atoms with Gasteiger partial charge in [-0.25, -0.2) is 4.79 Å². The predicted octanol–water partition coefficient (Wildman–Crippen LogP) is 4.21. The van der Waals surface area contributed by atoms with Crippen LogP contribution in [0.5, 0.6) is 0 Å². The first-order valence-corrected chi connectivity index (χ1v) is 14.0. The van der Waals surface area contributed by atoms with Gasteiger partial charge in [0.25, 0.3) is 0 Å². The molecule has 2 aromatic carbocycles. The SMILES string of the molecule is CC(C)C(C(=O)N(C)[C@@H](CC(=O)O)C(=O)N1CCCCC1)N(C)C(=O)OCC1c2ccccc2-c2ccccc21. The summed E-state index contributed by atoms with van der Waals surface area (Å²) in [6.45, 7) is 4.82. The number of likely N-dealkylation sites (tertiary alicyclic amines) is 1. The lowest BCUT2D eigenvalue weighted by atomic mass is 9.98. The Morgan fingerprint density at radius 1 is 0.900 bits per heavy atom. The van der Waals surface area contributed by atoms with Crippen LogP contribution in [0.25, 0.3) is 11.1 Å². The van der Waals surface area contributed by atoms with E-state index in [1.807, 2.05) is 50.2 Å². The minimum absolute atomic E-state index is 0.112. The molecule has 2 atom stereocenters. The van der Waals surface area contributed by atoms with Gasteiger partial charge >= 0.3 is 12.1 Å². The molecular formula is C31H39N3O6. The van der Waals surface area contributed by atoms with Gasteiger partial charge in [0, 0.05) is 33.1 Å². The van der Waals surface area contributed by atoms with Crippen molar-refractivity contribution in [1.29, 1.82) is 0 Å². The molecule has 214 valence electrons. The molecule has 0 aromatic heterocycles. The van der Waals surface area contributed by atoms with Crippen molar-refractivity contribution >= 4 is 23.9 Å². The van der Waals surface area contributed by atoms with Crippen LogP contribution in [-0.2, 0) is 19.1 Å². The zero-order valence-corrected chi connectivity index (χ0v) is 23.7. The summed E-state index contributed by atoms with van der Waals surface area (Å²) < 4.78 is 5.78. The third-order valence-electron chi connectivity index (χ3n) is 8.06. The van der Waals surface area contributed by atoms with Crippen molar-refractivity contribution in [3.63, 3.8) is 0 Å². The first kappa shape index (κ1) is 29.1. The van der Waals surface area contributed by atoms with E-state index in [4.69, 9.17) is 4.74 Å². The van der Waals surface area contributed by atoms with Crippen molar-refractivity contribution in [2.75, 3.05) is 33.8 Å². The molecule has 9 nitrogen and oxygen atoms in total. The molecule has 0 bridgehead atoms. The summed E-state index contributed by atoms with van der Waals surface area (Å²) in [4.78, 5) is 56.1. The lowest BCUT2D eigenvalue weighted by Gasteiger charge is -2.37. The number of amides is 3. The molecule has 4 rings (SSSR count). The Hall–Kier alpha value is -3.88. The monoisotopic (exact) mass is 549 g/mol. The maximum absolute atomic E-state index is 13.7. The Balaban J connectivity index is 1.48. The van der Waals surface area contributed by atoms with E-state index in [-0.39, 0.29) is 24.3 Å². The van der Waals surface area contributed by atoms with Crippen LogP contribution in [0, 0.1) is 5.92 Å². The average molecular weight is 550 g/mol. The number of fused-ring (bicyclic) bond motifs is 3. The molecule has 1 heterocycles. The largest absolute Gasteiger partial charge is 0.481 e. The minimum Gasteiger partial charge on any atom is -0.481 e. The molecule has 3 amide bonds. The number of rotatable bonds is 9. The Labute approximate surface area is 235 Å². The number of hydrogen-bond acceptors (Lipinski definition) is 5. The molecule has 2 aliphatic rings. The highest BCUT2D eigenvalue weighted by atomic mass is 16.6. The number of likely N-dealkylation sites (N-methyl/N-ethyl adjacent to an activating group) is 2. The first-order chi connectivity index (χ1) is 19.1. The molecule has 2 aromatic rings. The number of carboxylic acid groups (broad SMARTS) is 1. The molecule has 1 unspecified atom stereocenters. The van der Waals surface area contributed by atoms with Gasteiger partial charge in [-0.1, -0.05) is 62.4 Å². The summed E-state index contributed by atoms with van der Waals surface area (Å²) in [7, 11) is 2.95. The molecule has 40 heavy (non-hydrogen) atoms. The average Bonchev–Trinajstić information content (AvgIpc) is 3.27. The smallest absolute Gasteiger partial charge is 0.410 e. The van der Waals surface area contributed by atoms with E-state index in [1.54, 1.807) is 4.90 Å². The van der Waals surface area contributed by atoms with Crippen molar-refractivity contribution < 1.29 is 29.0 Å². The first-order valence-electron chi connectivity index (χ1n) is 14.0. The maximum atomic E-state index is 13.7. The second-order valence-corrected chi connectivity index (χ2v) is 11.1. The Morgan fingerprint density at radius 3 is 1.98 bits per heavy atom. The number of carbonyl (C=O) groups is 4. The molecule has 1 aliphatic carbocycles. The van der Waals surface area contributed by atoms with Gasteiger partial charge in [0.15, 0.2) is 0 Å². The van der Waals surface area contributed by atoms with Crippen molar-refractivity contribution in [2.45, 2.75) is 57.5 Å². The third-order valence-corrected chi connectivity index (χ3v) is 8.06. The van der Waals surface area contributed by atoms with Crippen molar-refractivity contribution in [1.82, 2.24) is 14.7 Å². The molecule has 1 N–H and O–H groups in total. The van der Waals surface area contributed by atoms with Gasteiger partial charge in [-0.15, -0.1) is 0 Å². The van der Waals surface area contributed by atoms with Gasteiger partial charge < -0.3 is 19.6 Å². The molecule has 1 aliphatic heterocycles. The number of aliphatic carboxylic acids is 1. The van der Waals surface area contributed by atoms with E-state index in [0.717, 1.165) is 41.5 Å². The summed E-state index contributed by atoms with van der Waals surface area (Å²) in [5, 5.41) is 9.53.